The number of fused-ring (bicyclic) bond motifs is 1. The summed E-state index contributed by atoms with van der Waals surface area (Å²) in [4.78, 5) is 24.7. The van der Waals surface area contributed by atoms with Gasteiger partial charge in [0, 0.05) is 17.8 Å². The van der Waals surface area contributed by atoms with Crippen LogP contribution in [0.15, 0.2) is 30.3 Å². The van der Waals surface area contributed by atoms with Crippen molar-refractivity contribution >= 4 is 11.8 Å². The zero-order valence-electron chi connectivity index (χ0n) is 14.2. The predicted octanol–water partition coefficient (Wildman–Crippen LogP) is 3.94. The zero-order valence-corrected chi connectivity index (χ0v) is 14.2. The Labute approximate surface area is 142 Å². The van der Waals surface area contributed by atoms with E-state index in [1.807, 2.05) is 41.8 Å². The molecule has 126 valence electrons. The standard InChI is InChI=1S/C20H23NO3/c1-3-7-14-8-4-5-9-15(14)19(22)18-13(2)12-17-16(20(23)24)10-6-11-21(17)18/h4-5,8-9,12,16H,3,6-7,10-11H2,1-2H3,(H,23,24). The third kappa shape index (κ3) is 2.77. The van der Waals surface area contributed by atoms with Crippen molar-refractivity contribution in [1.29, 1.82) is 0 Å². The lowest BCUT2D eigenvalue weighted by Gasteiger charge is -2.23. The molecule has 4 nitrogen and oxygen atoms in total. The first-order chi connectivity index (χ1) is 11.5. The highest BCUT2D eigenvalue weighted by atomic mass is 16.4. The van der Waals surface area contributed by atoms with Gasteiger partial charge in [-0.05, 0) is 43.4 Å². The number of rotatable bonds is 5. The van der Waals surface area contributed by atoms with Gasteiger partial charge in [0.1, 0.15) is 0 Å². The van der Waals surface area contributed by atoms with Gasteiger partial charge in [-0.15, -0.1) is 0 Å². The van der Waals surface area contributed by atoms with Crippen LogP contribution in [0.2, 0.25) is 0 Å². The van der Waals surface area contributed by atoms with Gasteiger partial charge < -0.3 is 9.67 Å². The van der Waals surface area contributed by atoms with Gasteiger partial charge in [-0.1, -0.05) is 37.6 Å². The van der Waals surface area contributed by atoms with Crippen LogP contribution in [0.3, 0.4) is 0 Å². The monoisotopic (exact) mass is 325 g/mol. The van der Waals surface area contributed by atoms with Gasteiger partial charge in [-0.2, -0.15) is 0 Å². The summed E-state index contributed by atoms with van der Waals surface area (Å²) >= 11 is 0. The second-order valence-electron chi connectivity index (χ2n) is 6.52. The van der Waals surface area contributed by atoms with E-state index >= 15 is 0 Å². The molecule has 1 unspecified atom stereocenters. The molecule has 1 aromatic heterocycles. The van der Waals surface area contributed by atoms with Gasteiger partial charge in [0.05, 0.1) is 11.6 Å². The summed E-state index contributed by atoms with van der Waals surface area (Å²) in [6.45, 7) is 4.72. The zero-order chi connectivity index (χ0) is 17.3. The summed E-state index contributed by atoms with van der Waals surface area (Å²) in [6.07, 6.45) is 3.27. The first-order valence-corrected chi connectivity index (χ1v) is 8.60. The van der Waals surface area contributed by atoms with E-state index in [-0.39, 0.29) is 5.78 Å². The number of carbonyl (C=O) groups excluding carboxylic acids is 1. The number of aryl methyl sites for hydroxylation is 2. The van der Waals surface area contributed by atoms with Crippen molar-refractivity contribution < 1.29 is 14.7 Å². The Bertz CT molecular complexity index is 788. The van der Waals surface area contributed by atoms with Crippen LogP contribution in [0.5, 0.6) is 0 Å². The highest BCUT2D eigenvalue weighted by molar-refractivity contribution is 6.10. The maximum atomic E-state index is 13.2. The van der Waals surface area contributed by atoms with Crippen LogP contribution in [0, 0.1) is 6.92 Å². The average Bonchev–Trinajstić information content (AvgIpc) is 2.90. The van der Waals surface area contributed by atoms with Crippen molar-refractivity contribution in [3.05, 3.63) is 58.4 Å². The molecule has 1 N–H and O–H groups in total. The lowest BCUT2D eigenvalue weighted by atomic mass is 9.96. The van der Waals surface area contributed by atoms with Crippen molar-refractivity contribution in [3.8, 4) is 0 Å². The van der Waals surface area contributed by atoms with E-state index in [0.29, 0.717) is 18.7 Å². The van der Waals surface area contributed by atoms with E-state index in [2.05, 4.69) is 6.92 Å². The molecule has 0 aliphatic carbocycles. The molecular weight excluding hydrogens is 302 g/mol. The Morgan fingerprint density at radius 1 is 1.29 bits per heavy atom. The van der Waals surface area contributed by atoms with Crippen LogP contribution in [0.25, 0.3) is 0 Å². The van der Waals surface area contributed by atoms with Crippen LogP contribution < -0.4 is 0 Å². The SMILES string of the molecule is CCCc1ccccc1C(=O)c1c(C)cc2n1CCCC2C(=O)O. The largest absolute Gasteiger partial charge is 0.481 e. The number of ketones is 1. The minimum absolute atomic E-state index is 0.00818. The number of hydrogen-bond donors (Lipinski definition) is 1. The summed E-state index contributed by atoms with van der Waals surface area (Å²) in [5.74, 6) is -1.31. The number of aliphatic carboxylic acids is 1. The van der Waals surface area contributed by atoms with E-state index in [1.165, 1.54) is 0 Å². The van der Waals surface area contributed by atoms with Crippen molar-refractivity contribution in [1.82, 2.24) is 4.57 Å². The minimum atomic E-state index is -0.807. The third-order valence-corrected chi connectivity index (χ3v) is 4.85. The Morgan fingerprint density at radius 3 is 2.75 bits per heavy atom. The second kappa shape index (κ2) is 6.63. The number of aromatic nitrogens is 1. The highest BCUT2D eigenvalue weighted by Crippen LogP contribution is 2.33. The Balaban J connectivity index is 2.08. The fourth-order valence-electron chi connectivity index (χ4n) is 3.75. The van der Waals surface area contributed by atoms with Crippen LogP contribution in [-0.4, -0.2) is 21.4 Å². The molecule has 0 fully saturated rings. The molecule has 0 bridgehead atoms. The fourth-order valence-corrected chi connectivity index (χ4v) is 3.75. The summed E-state index contributed by atoms with van der Waals surface area (Å²) in [6, 6.07) is 9.62. The summed E-state index contributed by atoms with van der Waals surface area (Å²) in [5.41, 5.74) is 4.09. The van der Waals surface area contributed by atoms with Crippen LogP contribution in [0.1, 0.15) is 65.0 Å². The Hall–Kier alpha value is -2.36. The third-order valence-electron chi connectivity index (χ3n) is 4.85. The van der Waals surface area contributed by atoms with E-state index in [4.69, 9.17) is 0 Å². The maximum Gasteiger partial charge on any atom is 0.312 e. The molecule has 0 saturated heterocycles. The molecule has 0 amide bonds. The first-order valence-electron chi connectivity index (χ1n) is 8.60. The molecule has 1 atom stereocenters. The molecule has 0 spiro atoms. The molecule has 1 aromatic carbocycles. The van der Waals surface area contributed by atoms with Crippen LogP contribution >= 0.6 is 0 Å². The van der Waals surface area contributed by atoms with Crippen molar-refractivity contribution in [2.45, 2.75) is 52.0 Å². The molecule has 24 heavy (non-hydrogen) atoms. The molecule has 4 heteroatoms. The average molecular weight is 325 g/mol. The second-order valence-corrected chi connectivity index (χ2v) is 6.52. The van der Waals surface area contributed by atoms with E-state index in [0.717, 1.165) is 41.6 Å². The van der Waals surface area contributed by atoms with Gasteiger partial charge in [-0.3, -0.25) is 9.59 Å². The summed E-state index contributed by atoms with van der Waals surface area (Å²) in [7, 11) is 0. The normalized spacial score (nSPS) is 16.7. The quantitative estimate of drug-likeness (QED) is 0.847. The molecule has 0 radical (unpaired) electrons. The summed E-state index contributed by atoms with van der Waals surface area (Å²) < 4.78 is 1.93. The van der Waals surface area contributed by atoms with Crippen molar-refractivity contribution in [2.75, 3.05) is 0 Å². The van der Waals surface area contributed by atoms with Gasteiger partial charge in [-0.25, -0.2) is 0 Å². The molecule has 0 saturated carbocycles. The molecule has 1 aliphatic heterocycles. The van der Waals surface area contributed by atoms with E-state index in [1.54, 1.807) is 0 Å². The van der Waals surface area contributed by atoms with Crippen LogP contribution in [0.4, 0.5) is 0 Å². The van der Waals surface area contributed by atoms with Gasteiger partial charge >= 0.3 is 5.97 Å². The lowest BCUT2D eigenvalue weighted by Crippen LogP contribution is -2.24. The van der Waals surface area contributed by atoms with Gasteiger partial charge in [0.2, 0.25) is 5.78 Å². The number of nitrogens with zero attached hydrogens (tertiary/aromatic N) is 1. The molecule has 2 aromatic rings. The smallest absolute Gasteiger partial charge is 0.312 e. The predicted molar refractivity (Wildman–Crippen MR) is 92.6 cm³/mol. The van der Waals surface area contributed by atoms with E-state index in [9.17, 15) is 14.7 Å². The number of benzene rings is 1. The molecule has 3 rings (SSSR count). The highest BCUT2D eigenvalue weighted by Gasteiger charge is 2.31. The maximum absolute atomic E-state index is 13.2. The van der Waals surface area contributed by atoms with Gasteiger partial charge in [0.15, 0.2) is 0 Å². The lowest BCUT2D eigenvalue weighted by molar-refractivity contribution is -0.139. The number of hydrogen-bond acceptors (Lipinski definition) is 2. The number of carboxylic acids is 1. The molecule has 1 aliphatic rings. The molecule has 2 heterocycles. The van der Waals surface area contributed by atoms with Crippen molar-refractivity contribution in [2.24, 2.45) is 0 Å². The van der Waals surface area contributed by atoms with E-state index < -0.39 is 11.9 Å². The number of carbonyl (C=O) groups is 2. The Kier molecular flexibility index (Phi) is 4.56. The number of carboxylic acid groups (broad SMARTS) is 1. The minimum Gasteiger partial charge on any atom is -0.481 e. The Morgan fingerprint density at radius 2 is 2.04 bits per heavy atom. The summed E-state index contributed by atoms with van der Waals surface area (Å²) in [5, 5.41) is 9.46. The topological polar surface area (TPSA) is 59.3 Å². The van der Waals surface area contributed by atoms with Crippen LogP contribution in [-0.2, 0) is 17.8 Å². The first kappa shape index (κ1) is 16.5. The van der Waals surface area contributed by atoms with Crippen molar-refractivity contribution in [3.63, 3.8) is 0 Å². The van der Waals surface area contributed by atoms with Gasteiger partial charge in [0.25, 0.3) is 0 Å². The fraction of sp³-hybridized carbons (Fsp3) is 0.400. The molecular formula is C20H23NO3.